The smallest absolute Gasteiger partial charge is 0.335 e. The van der Waals surface area contributed by atoms with Gasteiger partial charge in [-0.2, -0.15) is 0 Å². The third kappa shape index (κ3) is 2.08. The molecule has 3 nitrogen and oxygen atoms in total. The molecule has 0 aromatic heterocycles. The van der Waals surface area contributed by atoms with Crippen LogP contribution >= 0.6 is 23.2 Å². The highest BCUT2D eigenvalue weighted by molar-refractivity contribution is 6.32. The second-order valence-electron chi connectivity index (χ2n) is 5.95. The van der Waals surface area contributed by atoms with Gasteiger partial charge in [-0.05, 0) is 24.6 Å². The lowest BCUT2D eigenvalue weighted by atomic mass is 9.90. The minimum Gasteiger partial charge on any atom is -0.496 e. The van der Waals surface area contributed by atoms with E-state index in [4.69, 9.17) is 32.7 Å². The van der Waals surface area contributed by atoms with Crippen LogP contribution in [0.5, 0.6) is 11.5 Å². The molecule has 0 fully saturated rings. The first-order valence-electron chi connectivity index (χ1n) is 7.59. The van der Waals surface area contributed by atoms with Gasteiger partial charge in [0.1, 0.15) is 11.5 Å². The van der Waals surface area contributed by atoms with Crippen molar-refractivity contribution in [1.29, 1.82) is 0 Å². The number of benzene rings is 2. The molecule has 2 bridgehead atoms. The van der Waals surface area contributed by atoms with Gasteiger partial charge in [0.05, 0.1) is 7.11 Å². The van der Waals surface area contributed by atoms with Crippen molar-refractivity contribution in [2.45, 2.75) is 18.3 Å². The van der Waals surface area contributed by atoms with Gasteiger partial charge in [0.25, 0.3) is 0 Å². The monoisotopic (exact) mass is 360 g/mol. The van der Waals surface area contributed by atoms with Crippen molar-refractivity contribution in [3.8, 4) is 11.5 Å². The van der Waals surface area contributed by atoms with Crippen molar-refractivity contribution in [3.05, 3.63) is 58.1 Å². The van der Waals surface area contributed by atoms with Gasteiger partial charge < -0.3 is 9.47 Å². The fraction of sp³-hybridized carbons (Fsp3) is 0.211. The number of rotatable bonds is 3. The van der Waals surface area contributed by atoms with E-state index in [9.17, 15) is 4.79 Å². The molecule has 2 unspecified atom stereocenters. The highest BCUT2D eigenvalue weighted by Crippen LogP contribution is 2.61. The van der Waals surface area contributed by atoms with Crippen molar-refractivity contribution in [2.24, 2.45) is 0 Å². The van der Waals surface area contributed by atoms with Crippen molar-refractivity contribution >= 4 is 39.9 Å². The molecule has 122 valence electrons. The molecule has 0 spiro atoms. The predicted molar refractivity (Wildman–Crippen MR) is 95.4 cm³/mol. The number of hydrogen-bond acceptors (Lipinski definition) is 3. The zero-order valence-electron chi connectivity index (χ0n) is 12.9. The number of ether oxygens (including phenoxy) is 2. The summed E-state index contributed by atoms with van der Waals surface area (Å²) in [7, 11) is 1.64. The Bertz CT molecular complexity index is 930. The summed E-state index contributed by atoms with van der Waals surface area (Å²) in [5.41, 5.74) is 1.97. The van der Waals surface area contributed by atoms with Crippen LogP contribution in [-0.4, -0.2) is 13.1 Å². The van der Waals surface area contributed by atoms with E-state index in [2.05, 4.69) is 6.58 Å². The fourth-order valence-corrected chi connectivity index (χ4v) is 4.35. The molecule has 2 aromatic carbocycles. The summed E-state index contributed by atoms with van der Waals surface area (Å²) in [6, 6.07) is 5.44. The third-order valence-electron chi connectivity index (χ3n) is 4.73. The van der Waals surface area contributed by atoms with E-state index >= 15 is 0 Å². The van der Waals surface area contributed by atoms with Gasteiger partial charge in [0.15, 0.2) is 0 Å². The Labute approximate surface area is 149 Å². The van der Waals surface area contributed by atoms with Gasteiger partial charge in [-0.1, -0.05) is 35.9 Å². The molecule has 0 saturated heterocycles. The number of halogens is 2. The summed E-state index contributed by atoms with van der Waals surface area (Å²) in [5.74, 6) is 1.00. The van der Waals surface area contributed by atoms with Crippen LogP contribution in [0.1, 0.15) is 29.4 Å². The summed E-state index contributed by atoms with van der Waals surface area (Å²) < 4.78 is 11.3. The summed E-state index contributed by atoms with van der Waals surface area (Å²) in [6.07, 6.45) is 4.07. The van der Waals surface area contributed by atoms with E-state index in [-0.39, 0.29) is 11.8 Å². The molecule has 0 amide bonds. The SMILES string of the molecule is C=CC(=O)Oc1c2c(c(OC)c3cc(Cl)ccc13)C1C=C(Cl)C2C1. The van der Waals surface area contributed by atoms with Gasteiger partial charge in [0, 0.05) is 49.9 Å². The second kappa shape index (κ2) is 5.54. The average molecular weight is 361 g/mol. The first kappa shape index (κ1) is 15.6. The maximum absolute atomic E-state index is 11.9. The second-order valence-corrected chi connectivity index (χ2v) is 6.82. The van der Waals surface area contributed by atoms with Crippen LogP contribution in [0.15, 0.2) is 42.0 Å². The Balaban J connectivity index is 2.10. The number of carbonyl (C=O) groups is 1. The van der Waals surface area contributed by atoms with Gasteiger partial charge in [-0.3, -0.25) is 0 Å². The molecule has 2 atom stereocenters. The van der Waals surface area contributed by atoms with Crippen LogP contribution in [0.4, 0.5) is 0 Å². The van der Waals surface area contributed by atoms with Gasteiger partial charge >= 0.3 is 5.97 Å². The molecule has 24 heavy (non-hydrogen) atoms. The lowest BCUT2D eigenvalue weighted by molar-refractivity contribution is -0.128. The number of methoxy groups -OCH3 is 1. The van der Waals surface area contributed by atoms with Gasteiger partial charge in [-0.25, -0.2) is 4.79 Å². The zero-order valence-corrected chi connectivity index (χ0v) is 14.4. The van der Waals surface area contributed by atoms with E-state index in [1.807, 2.05) is 18.2 Å². The zero-order chi connectivity index (χ0) is 17.0. The number of fused-ring (bicyclic) bond motifs is 6. The molecule has 2 aliphatic rings. The number of esters is 1. The molecular weight excluding hydrogens is 347 g/mol. The first-order chi connectivity index (χ1) is 11.5. The average Bonchev–Trinajstić information content (AvgIpc) is 3.12. The maximum Gasteiger partial charge on any atom is 0.335 e. The maximum atomic E-state index is 11.9. The van der Waals surface area contributed by atoms with Crippen LogP contribution in [-0.2, 0) is 4.79 Å². The third-order valence-corrected chi connectivity index (χ3v) is 5.35. The Morgan fingerprint density at radius 2 is 2.04 bits per heavy atom. The van der Waals surface area contributed by atoms with E-state index in [1.165, 1.54) is 0 Å². The molecule has 0 N–H and O–H groups in total. The number of allylic oxidation sites excluding steroid dienone is 2. The molecule has 0 saturated carbocycles. The summed E-state index contributed by atoms with van der Waals surface area (Å²) >= 11 is 12.6. The Hall–Kier alpha value is -1.97. The minimum atomic E-state index is -0.499. The quantitative estimate of drug-likeness (QED) is 0.423. The largest absolute Gasteiger partial charge is 0.496 e. The van der Waals surface area contributed by atoms with Crippen molar-refractivity contribution in [2.75, 3.05) is 7.11 Å². The van der Waals surface area contributed by atoms with Crippen LogP contribution in [0, 0.1) is 0 Å². The van der Waals surface area contributed by atoms with E-state index in [1.54, 1.807) is 13.2 Å². The molecule has 0 radical (unpaired) electrons. The van der Waals surface area contributed by atoms with E-state index in [0.29, 0.717) is 10.8 Å². The van der Waals surface area contributed by atoms with Crippen molar-refractivity contribution in [1.82, 2.24) is 0 Å². The van der Waals surface area contributed by atoms with Crippen LogP contribution < -0.4 is 9.47 Å². The Morgan fingerprint density at radius 1 is 1.25 bits per heavy atom. The van der Waals surface area contributed by atoms with E-state index < -0.39 is 5.97 Å². The minimum absolute atomic E-state index is 0.0354. The van der Waals surface area contributed by atoms with Crippen LogP contribution in [0.3, 0.4) is 0 Å². The molecule has 2 aromatic rings. The summed E-state index contributed by atoms with van der Waals surface area (Å²) in [6.45, 7) is 3.48. The topological polar surface area (TPSA) is 35.5 Å². The summed E-state index contributed by atoms with van der Waals surface area (Å²) in [5, 5.41) is 2.99. The molecule has 0 aliphatic heterocycles. The van der Waals surface area contributed by atoms with Crippen LogP contribution in [0.25, 0.3) is 10.8 Å². The van der Waals surface area contributed by atoms with Crippen molar-refractivity contribution < 1.29 is 14.3 Å². The molecule has 4 rings (SSSR count). The number of carbonyl (C=O) groups excluding carboxylic acids is 1. The molecule has 2 aliphatic carbocycles. The summed E-state index contributed by atoms with van der Waals surface area (Å²) in [4.78, 5) is 11.9. The first-order valence-corrected chi connectivity index (χ1v) is 8.35. The van der Waals surface area contributed by atoms with Gasteiger partial charge in [0.2, 0.25) is 0 Å². The number of hydrogen-bond donors (Lipinski definition) is 0. The molecule has 5 heteroatoms. The van der Waals surface area contributed by atoms with Crippen molar-refractivity contribution in [3.63, 3.8) is 0 Å². The normalized spacial score (nSPS) is 20.7. The van der Waals surface area contributed by atoms with E-state index in [0.717, 1.165) is 45.2 Å². The standard InChI is InChI=1S/C19H14Cl2O3/c1-3-15(22)24-19-11-5-4-10(20)8-12(11)18(23-2)16-9-6-13(17(16)19)14(21)7-9/h3-5,7-9,13H,1,6H2,2H3. The van der Waals surface area contributed by atoms with Gasteiger partial charge in [-0.15, -0.1) is 0 Å². The highest BCUT2D eigenvalue weighted by Gasteiger charge is 2.43. The highest BCUT2D eigenvalue weighted by atomic mass is 35.5. The molecule has 0 heterocycles. The Morgan fingerprint density at radius 3 is 2.75 bits per heavy atom. The lowest BCUT2D eigenvalue weighted by Gasteiger charge is -2.22. The molecular formula is C19H14Cl2O3. The van der Waals surface area contributed by atoms with Crippen LogP contribution in [0.2, 0.25) is 5.02 Å². The predicted octanol–water partition coefficient (Wildman–Crippen LogP) is 5.30. The fourth-order valence-electron chi connectivity index (χ4n) is 3.82. The lowest BCUT2D eigenvalue weighted by Crippen LogP contribution is -2.10. The Kier molecular flexibility index (Phi) is 3.59.